The normalized spacial score (nSPS) is 13.2. The maximum absolute atomic E-state index is 12.4. The summed E-state index contributed by atoms with van der Waals surface area (Å²) < 4.78 is 0. The van der Waals surface area contributed by atoms with Gasteiger partial charge < -0.3 is 15.5 Å². The standard InChI is InChI=1S/C50H95NO3/c1-3-5-7-9-11-13-15-17-18-19-20-21-22-23-24-25-26-27-28-29-30-31-32-34-35-37-39-41-43-45-49(53)48(47-52)51-50(54)46-44-42-40-38-36-33-16-14-12-10-8-6-4-2/h30-31,35,37,43,45,48-49,52-53H,3-29,32-34,36,38-42,44,46-47H2,1-2H3,(H,51,54)/b31-30+,37-35+,45-43+. The predicted molar refractivity (Wildman–Crippen MR) is 239 cm³/mol. The van der Waals surface area contributed by atoms with E-state index < -0.39 is 12.1 Å². The second kappa shape index (κ2) is 46.0. The van der Waals surface area contributed by atoms with Crippen LogP contribution >= 0.6 is 0 Å². The van der Waals surface area contributed by atoms with E-state index in [1.807, 2.05) is 6.08 Å². The lowest BCUT2D eigenvalue weighted by Crippen LogP contribution is -2.45. The molecule has 0 rings (SSSR count). The first-order valence-corrected chi connectivity index (χ1v) is 24.2. The average molecular weight is 758 g/mol. The number of hydrogen-bond donors (Lipinski definition) is 3. The highest BCUT2D eigenvalue weighted by atomic mass is 16.3. The molecule has 0 bridgehead atoms. The van der Waals surface area contributed by atoms with Crippen LogP contribution in [0.4, 0.5) is 0 Å². The number of allylic oxidation sites excluding steroid dienone is 5. The lowest BCUT2D eigenvalue weighted by Gasteiger charge is -2.19. The van der Waals surface area contributed by atoms with Crippen LogP contribution in [0.3, 0.4) is 0 Å². The molecule has 2 atom stereocenters. The van der Waals surface area contributed by atoms with Gasteiger partial charge in [-0.15, -0.1) is 0 Å². The molecule has 0 aliphatic rings. The molecule has 0 saturated heterocycles. The van der Waals surface area contributed by atoms with Crippen LogP contribution in [0.5, 0.6) is 0 Å². The molecule has 0 aliphatic heterocycles. The lowest BCUT2D eigenvalue weighted by molar-refractivity contribution is -0.123. The van der Waals surface area contributed by atoms with Gasteiger partial charge in [-0.05, 0) is 44.9 Å². The van der Waals surface area contributed by atoms with Crippen LogP contribution in [0.25, 0.3) is 0 Å². The van der Waals surface area contributed by atoms with Crippen molar-refractivity contribution in [1.82, 2.24) is 5.32 Å². The van der Waals surface area contributed by atoms with Crippen LogP contribution in [0.1, 0.15) is 258 Å². The van der Waals surface area contributed by atoms with Crippen LogP contribution in [-0.2, 0) is 4.79 Å². The van der Waals surface area contributed by atoms with Gasteiger partial charge in [0.05, 0.1) is 18.8 Å². The maximum atomic E-state index is 12.4. The van der Waals surface area contributed by atoms with Crippen molar-refractivity contribution >= 4 is 5.91 Å². The Bertz CT molecular complexity index is 821. The molecule has 0 aromatic rings. The van der Waals surface area contributed by atoms with Crippen molar-refractivity contribution in [3.8, 4) is 0 Å². The molecule has 2 unspecified atom stereocenters. The lowest BCUT2D eigenvalue weighted by atomic mass is 10.0. The zero-order chi connectivity index (χ0) is 39.3. The van der Waals surface area contributed by atoms with E-state index in [-0.39, 0.29) is 12.5 Å². The Kier molecular flexibility index (Phi) is 44.8. The van der Waals surface area contributed by atoms with Crippen molar-refractivity contribution in [2.45, 2.75) is 270 Å². The molecule has 54 heavy (non-hydrogen) atoms. The van der Waals surface area contributed by atoms with E-state index in [0.29, 0.717) is 6.42 Å². The number of unbranched alkanes of at least 4 members (excludes halogenated alkanes) is 33. The molecule has 0 radical (unpaired) electrons. The molecule has 4 heteroatoms. The van der Waals surface area contributed by atoms with Gasteiger partial charge in [0, 0.05) is 6.42 Å². The highest BCUT2D eigenvalue weighted by Gasteiger charge is 2.17. The number of carbonyl (C=O) groups is 1. The van der Waals surface area contributed by atoms with Gasteiger partial charge in [-0.2, -0.15) is 0 Å². The third kappa shape index (κ3) is 41.8. The summed E-state index contributed by atoms with van der Waals surface area (Å²) in [6.45, 7) is 4.30. The second-order valence-corrected chi connectivity index (χ2v) is 16.5. The zero-order valence-electron chi connectivity index (χ0n) is 36.5. The highest BCUT2D eigenvalue weighted by Crippen LogP contribution is 2.16. The van der Waals surface area contributed by atoms with Gasteiger partial charge in [0.2, 0.25) is 5.91 Å². The van der Waals surface area contributed by atoms with Crippen molar-refractivity contribution in [3.63, 3.8) is 0 Å². The molecule has 0 fully saturated rings. The first kappa shape index (κ1) is 52.6. The fraction of sp³-hybridized carbons (Fsp3) is 0.860. The van der Waals surface area contributed by atoms with Crippen molar-refractivity contribution in [2.24, 2.45) is 0 Å². The summed E-state index contributed by atoms with van der Waals surface area (Å²) in [5.74, 6) is -0.0767. The highest BCUT2D eigenvalue weighted by molar-refractivity contribution is 5.76. The number of hydrogen-bond acceptors (Lipinski definition) is 3. The molecule has 0 aromatic heterocycles. The zero-order valence-corrected chi connectivity index (χ0v) is 36.5. The van der Waals surface area contributed by atoms with E-state index in [0.717, 1.165) is 38.5 Å². The molecule has 0 aromatic carbocycles. The van der Waals surface area contributed by atoms with Gasteiger partial charge in [-0.25, -0.2) is 0 Å². The fourth-order valence-corrected chi connectivity index (χ4v) is 7.39. The topological polar surface area (TPSA) is 69.6 Å². The SMILES string of the molecule is CCCCCCCCCCCCCCCCCCCCC/C=C/CC/C=C/CC/C=C/C(O)C(CO)NC(=O)CCCCCCCCCCCCCCC. The minimum absolute atomic E-state index is 0.0767. The van der Waals surface area contributed by atoms with Crippen LogP contribution in [-0.4, -0.2) is 34.9 Å². The van der Waals surface area contributed by atoms with Gasteiger partial charge in [0.15, 0.2) is 0 Å². The largest absolute Gasteiger partial charge is 0.394 e. The monoisotopic (exact) mass is 758 g/mol. The van der Waals surface area contributed by atoms with E-state index >= 15 is 0 Å². The molecule has 4 nitrogen and oxygen atoms in total. The Morgan fingerprint density at radius 1 is 0.426 bits per heavy atom. The molecule has 1 amide bonds. The van der Waals surface area contributed by atoms with E-state index in [9.17, 15) is 15.0 Å². The Balaban J connectivity index is 3.55. The molecule has 0 aliphatic carbocycles. The summed E-state index contributed by atoms with van der Waals surface area (Å²) in [6, 6.07) is -0.642. The van der Waals surface area contributed by atoms with Crippen LogP contribution in [0.2, 0.25) is 0 Å². The maximum Gasteiger partial charge on any atom is 0.220 e. The average Bonchev–Trinajstić information content (AvgIpc) is 3.18. The Hall–Kier alpha value is -1.39. The summed E-state index contributed by atoms with van der Waals surface area (Å²) in [4.78, 5) is 12.4. The molecular weight excluding hydrogens is 663 g/mol. The number of amides is 1. The van der Waals surface area contributed by atoms with E-state index in [4.69, 9.17) is 0 Å². The van der Waals surface area contributed by atoms with Crippen molar-refractivity contribution in [3.05, 3.63) is 36.5 Å². The minimum Gasteiger partial charge on any atom is -0.394 e. The molecular formula is C50H95NO3. The first-order valence-electron chi connectivity index (χ1n) is 24.2. The van der Waals surface area contributed by atoms with Crippen molar-refractivity contribution < 1.29 is 15.0 Å². The Morgan fingerprint density at radius 2 is 0.722 bits per heavy atom. The third-order valence-electron chi connectivity index (χ3n) is 11.1. The van der Waals surface area contributed by atoms with E-state index in [1.165, 1.54) is 199 Å². The Morgan fingerprint density at radius 3 is 1.07 bits per heavy atom. The van der Waals surface area contributed by atoms with Crippen molar-refractivity contribution in [1.29, 1.82) is 0 Å². The van der Waals surface area contributed by atoms with Crippen LogP contribution in [0.15, 0.2) is 36.5 Å². The van der Waals surface area contributed by atoms with E-state index in [2.05, 4.69) is 43.5 Å². The van der Waals surface area contributed by atoms with Gasteiger partial charge in [-0.1, -0.05) is 243 Å². The van der Waals surface area contributed by atoms with E-state index in [1.54, 1.807) is 6.08 Å². The molecule has 0 saturated carbocycles. The van der Waals surface area contributed by atoms with Gasteiger partial charge in [-0.3, -0.25) is 4.79 Å². The number of carbonyl (C=O) groups excluding carboxylic acids is 1. The number of rotatable bonds is 44. The van der Waals surface area contributed by atoms with Crippen LogP contribution < -0.4 is 5.32 Å². The molecule has 3 N–H and O–H groups in total. The molecule has 0 heterocycles. The smallest absolute Gasteiger partial charge is 0.220 e. The first-order chi connectivity index (χ1) is 26.7. The van der Waals surface area contributed by atoms with Gasteiger partial charge in [0.25, 0.3) is 0 Å². The van der Waals surface area contributed by atoms with Gasteiger partial charge in [0.1, 0.15) is 0 Å². The molecule has 0 spiro atoms. The van der Waals surface area contributed by atoms with Crippen molar-refractivity contribution in [2.75, 3.05) is 6.61 Å². The fourth-order valence-electron chi connectivity index (χ4n) is 7.39. The summed E-state index contributed by atoms with van der Waals surface area (Å²) >= 11 is 0. The Labute approximate surface area is 338 Å². The number of aliphatic hydroxyl groups excluding tert-OH is 2. The third-order valence-corrected chi connectivity index (χ3v) is 11.1. The van der Waals surface area contributed by atoms with Crippen LogP contribution in [0, 0.1) is 0 Å². The summed E-state index contributed by atoms with van der Waals surface area (Å²) in [5.41, 5.74) is 0. The molecule has 318 valence electrons. The van der Waals surface area contributed by atoms with Gasteiger partial charge >= 0.3 is 0 Å². The predicted octanol–water partition coefficient (Wildman–Crippen LogP) is 15.4. The summed E-state index contributed by atoms with van der Waals surface area (Å²) in [6.07, 6.45) is 61.4. The quantitative estimate of drug-likeness (QED) is 0.0428. The summed E-state index contributed by atoms with van der Waals surface area (Å²) in [7, 11) is 0. The number of aliphatic hydroxyl groups is 2. The second-order valence-electron chi connectivity index (χ2n) is 16.5. The number of nitrogens with one attached hydrogen (secondary N) is 1. The summed E-state index contributed by atoms with van der Waals surface area (Å²) in [5, 5.41) is 23.0. The minimum atomic E-state index is -0.867.